The average molecular weight is 221 g/mol. The van der Waals surface area contributed by atoms with Crippen molar-refractivity contribution in [3.8, 4) is 0 Å². The van der Waals surface area contributed by atoms with E-state index in [1.807, 2.05) is 20.9 Å². The van der Waals surface area contributed by atoms with Crippen LogP contribution < -0.4 is 10.2 Å². The highest BCUT2D eigenvalue weighted by atomic mass is 15.3. The molecular formula is C11H19N5. The summed E-state index contributed by atoms with van der Waals surface area (Å²) in [4.78, 5) is 6.60. The third-order valence-corrected chi connectivity index (χ3v) is 3.21. The van der Waals surface area contributed by atoms with E-state index in [0.29, 0.717) is 6.04 Å². The summed E-state index contributed by atoms with van der Waals surface area (Å²) in [6, 6.07) is 0.484. The standard InChI is InChI=1S/C11H19N5/c1-8-9(2)14-15-11(13-8)16(3)10-5-4-6-12-7-10/h10,12H,4-7H2,1-3H3. The first kappa shape index (κ1) is 11.3. The van der Waals surface area contributed by atoms with Gasteiger partial charge in [0.05, 0.1) is 11.4 Å². The Hall–Kier alpha value is -1.23. The highest BCUT2D eigenvalue weighted by Gasteiger charge is 2.20. The van der Waals surface area contributed by atoms with Gasteiger partial charge in [0.25, 0.3) is 0 Å². The highest BCUT2D eigenvalue weighted by molar-refractivity contribution is 5.30. The second kappa shape index (κ2) is 4.74. The predicted octanol–water partition coefficient (Wildman–Crippen LogP) is 0.677. The average Bonchev–Trinajstić information content (AvgIpc) is 2.33. The highest BCUT2D eigenvalue weighted by Crippen LogP contribution is 2.14. The van der Waals surface area contributed by atoms with Gasteiger partial charge in [0.1, 0.15) is 0 Å². The van der Waals surface area contributed by atoms with Gasteiger partial charge in [0, 0.05) is 19.6 Å². The second-order valence-electron chi connectivity index (χ2n) is 4.39. The van der Waals surface area contributed by atoms with Crippen LogP contribution in [-0.4, -0.2) is 41.4 Å². The van der Waals surface area contributed by atoms with Crippen molar-refractivity contribution in [1.82, 2.24) is 20.5 Å². The van der Waals surface area contributed by atoms with E-state index in [-0.39, 0.29) is 0 Å². The van der Waals surface area contributed by atoms with Crippen molar-refractivity contribution in [3.63, 3.8) is 0 Å². The van der Waals surface area contributed by atoms with Crippen LogP contribution in [0.3, 0.4) is 0 Å². The maximum atomic E-state index is 4.47. The number of hydrogen-bond acceptors (Lipinski definition) is 5. The Morgan fingerprint density at radius 1 is 1.25 bits per heavy atom. The molecule has 0 aromatic carbocycles. The summed E-state index contributed by atoms with van der Waals surface area (Å²) in [5.74, 6) is 0.733. The molecule has 1 aromatic heterocycles. The van der Waals surface area contributed by atoms with Crippen molar-refractivity contribution in [2.75, 3.05) is 25.0 Å². The molecule has 1 atom stereocenters. The van der Waals surface area contributed by atoms with Crippen molar-refractivity contribution in [3.05, 3.63) is 11.4 Å². The molecule has 5 nitrogen and oxygen atoms in total. The fourth-order valence-electron chi connectivity index (χ4n) is 1.92. The largest absolute Gasteiger partial charge is 0.338 e. The lowest BCUT2D eigenvalue weighted by Gasteiger charge is -2.31. The SMILES string of the molecule is Cc1nnc(N(C)C2CCCNC2)nc1C. The molecule has 1 aliphatic heterocycles. The summed E-state index contributed by atoms with van der Waals surface area (Å²) in [7, 11) is 2.05. The van der Waals surface area contributed by atoms with Crippen molar-refractivity contribution in [2.45, 2.75) is 32.7 Å². The molecule has 16 heavy (non-hydrogen) atoms. The van der Waals surface area contributed by atoms with E-state index in [2.05, 4.69) is 25.4 Å². The van der Waals surface area contributed by atoms with Gasteiger partial charge in [0.2, 0.25) is 5.95 Å². The topological polar surface area (TPSA) is 53.9 Å². The maximum absolute atomic E-state index is 4.47. The quantitative estimate of drug-likeness (QED) is 0.795. The van der Waals surface area contributed by atoms with Crippen LogP contribution in [0.15, 0.2) is 0 Å². The van der Waals surface area contributed by atoms with E-state index in [4.69, 9.17) is 0 Å². The fourth-order valence-corrected chi connectivity index (χ4v) is 1.92. The van der Waals surface area contributed by atoms with Gasteiger partial charge in [0.15, 0.2) is 0 Å². The van der Waals surface area contributed by atoms with E-state index in [1.165, 1.54) is 12.8 Å². The zero-order chi connectivity index (χ0) is 11.5. The first-order chi connectivity index (χ1) is 7.68. The number of nitrogens with one attached hydrogen (secondary N) is 1. The van der Waals surface area contributed by atoms with Crippen LogP contribution >= 0.6 is 0 Å². The minimum Gasteiger partial charge on any atom is -0.338 e. The van der Waals surface area contributed by atoms with Gasteiger partial charge in [-0.25, -0.2) is 4.98 Å². The summed E-state index contributed by atoms with van der Waals surface area (Å²) < 4.78 is 0. The first-order valence-electron chi connectivity index (χ1n) is 5.80. The molecule has 5 heteroatoms. The van der Waals surface area contributed by atoms with Gasteiger partial charge < -0.3 is 10.2 Å². The van der Waals surface area contributed by atoms with Crippen LogP contribution in [0.4, 0.5) is 5.95 Å². The number of nitrogens with zero attached hydrogens (tertiary/aromatic N) is 4. The lowest BCUT2D eigenvalue weighted by molar-refractivity contribution is 0.440. The van der Waals surface area contributed by atoms with E-state index in [9.17, 15) is 0 Å². The number of piperidine rings is 1. The number of hydrogen-bond donors (Lipinski definition) is 1. The van der Waals surface area contributed by atoms with E-state index in [1.54, 1.807) is 0 Å². The van der Waals surface area contributed by atoms with Gasteiger partial charge in [-0.15, -0.1) is 5.10 Å². The smallest absolute Gasteiger partial charge is 0.245 e. The molecule has 88 valence electrons. The molecule has 1 unspecified atom stereocenters. The van der Waals surface area contributed by atoms with E-state index < -0.39 is 0 Å². The fraction of sp³-hybridized carbons (Fsp3) is 0.727. The van der Waals surface area contributed by atoms with Crippen molar-refractivity contribution >= 4 is 5.95 Å². The Morgan fingerprint density at radius 3 is 2.69 bits per heavy atom. The van der Waals surface area contributed by atoms with Crippen LogP contribution in [0.25, 0.3) is 0 Å². The molecular weight excluding hydrogens is 202 g/mol. The zero-order valence-electron chi connectivity index (χ0n) is 10.2. The molecule has 1 saturated heterocycles. The van der Waals surface area contributed by atoms with Gasteiger partial charge in [-0.3, -0.25) is 0 Å². The minimum absolute atomic E-state index is 0.484. The lowest BCUT2D eigenvalue weighted by atomic mass is 10.1. The molecule has 1 N–H and O–H groups in total. The van der Waals surface area contributed by atoms with Gasteiger partial charge >= 0.3 is 0 Å². The van der Waals surface area contributed by atoms with Crippen molar-refractivity contribution < 1.29 is 0 Å². The van der Waals surface area contributed by atoms with E-state index >= 15 is 0 Å². The monoisotopic (exact) mass is 221 g/mol. The molecule has 0 bridgehead atoms. The Morgan fingerprint density at radius 2 is 2.06 bits per heavy atom. The van der Waals surface area contributed by atoms with Crippen LogP contribution in [0, 0.1) is 13.8 Å². The molecule has 1 fully saturated rings. The van der Waals surface area contributed by atoms with Crippen LogP contribution in [0.2, 0.25) is 0 Å². The molecule has 0 aliphatic carbocycles. The third kappa shape index (κ3) is 2.29. The molecule has 0 amide bonds. The summed E-state index contributed by atoms with van der Waals surface area (Å²) in [6.07, 6.45) is 2.41. The Labute approximate surface area is 96.3 Å². The number of anilines is 1. The summed E-state index contributed by atoms with van der Waals surface area (Å²) >= 11 is 0. The molecule has 2 heterocycles. The molecule has 0 radical (unpaired) electrons. The van der Waals surface area contributed by atoms with Gasteiger partial charge in [-0.05, 0) is 33.2 Å². The predicted molar refractivity (Wildman–Crippen MR) is 63.6 cm³/mol. The Bertz CT molecular complexity index is 359. The summed E-state index contributed by atoms with van der Waals surface area (Å²) in [5.41, 5.74) is 1.86. The lowest BCUT2D eigenvalue weighted by Crippen LogP contribution is -2.45. The number of likely N-dealkylation sites (N-methyl/N-ethyl adjacent to an activating group) is 1. The van der Waals surface area contributed by atoms with Gasteiger partial charge in [-0.1, -0.05) is 0 Å². The molecule has 1 aliphatic rings. The normalized spacial score (nSPS) is 20.8. The minimum atomic E-state index is 0.484. The number of aromatic nitrogens is 3. The third-order valence-electron chi connectivity index (χ3n) is 3.21. The number of rotatable bonds is 2. The first-order valence-corrected chi connectivity index (χ1v) is 5.80. The van der Waals surface area contributed by atoms with Crippen LogP contribution in [-0.2, 0) is 0 Å². The molecule has 0 spiro atoms. The van der Waals surface area contributed by atoms with E-state index in [0.717, 1.165) is 30.4 Å². The van der Waals surface area contributed by atoms with Crippen molar-refractivity contribution in [1.29, 1.82) is 0 Å². The van der Waals surface area contributed by atoms with Crippen LogP contribution in [0.5, 0.6) is 0 Å². The molecule has 2 rings (SSSR count). The second-order valence-corrected chi connectivity index (χ2v) is 4.39. The number of aryl methyl sites for hydroxylation is 2. The maximum Gasteiger partial charge on any atom is 0.245 e. The molecule has 1 aromatic rings. The summed E-state index contributed by atoms with van der Waals surface area (Å²) in [5, 5.41) is 11.7. The molecule has 0 saturated carbocycles. The van der Waals surface area contributed by atoms with Gasteiger partial charge in [-0.2, -0.15) is 5.10 Å². The van der Waals surface area contributed by atoms with Crippen LogP contribution in [0.1, 0.15) is 24.2 Å². The zero-order valence-corrected chi connectivity index (χ0v) is 10.2. The van der Waals surface area contributed by atoms with Crippen molar-refractivity contribution in [2.24, 2.45) is 0 Å². The Balaban J connectivity index is 2.12. The Kier molecular flexibility index (Phi) is 3.33. The summed E-state index contributed by atoms with van der Waals surface area (Å²) in [6.45, 7) is 6.03.